The molecular formula is C24H22N4O2. The number of nitrogens with zero attached hydrogens (tertiary/aromatic N) is 3. The molecule has 6 nitrogen and oxygen atoms in total. The van der Waals surface area contributed by atoms with E-state index in [0.29, 0.717) is 12.2 Å². The maximum Gasteiger partial charge on any atom is 0.271 e. The van der Waals surface area contributed by atoms with Gasteiger partial charge in [-0.05, 0) is 36.8 Å². The molecular weight excluding hydrogens is 376 g/mol. The summed E-state index contributed by atoms with van der Waals surface area (Å²) in [6, 6.07) is 21.3. The van der Waals surface area contributed by atoms with E-state index >= 15 is 0 Å². The highest BCUT2D eigenvalue weighted by molar-refractivity contribution is 6.00. The van der Waals surface area contributed by atoms with Crippen LogP contribution >= 0.6 is 0 Å². The van der Waals surface area contributed by atoms with Crippen LogP contribution in [0.4, 0.5) is 0 Å². The van der Waals surface area contributed by atoms with Gasteiger partial charge >= 0.3 is 0 Å². The van der Waals surface area contributed by atoms with Crippen molar-refractivity contribution < 1.29 is 9.53 Å². The van der Waals surface area contributed by atoms with Gasteiger partial charge < -0.3 is 9.30 Å². The first-order valence-electron chi connectivity index (χ1n) is 9.80. The molecule has 0 unspecified atom stereocenters. The SMILES string of the molecule is O=C(NN=Cc1cn(CCCOc2ccccc2)c2ccccc12)c1ccncc1. The van der Waals surface area contributed by atoms with Crippen LogP contribution in [0.2, 0.25) is 0 Å². The first-order valence-corrected chi connectivity index (χ1v) is 9.80. The Balaban J connectivity index is 1.41. The summed E-state index contributed by atoms with van der Waals surface area (Å²) in [5, 5.41) is 5.22. The maximum atomic E-state index is 12.1. The van der Waals surface area contributed by atoms with E-state index in [1.54, 1.807) is 30.7 Å². The largest absolute Gasteiger partial charge is 0.494 e. The van der Waals surface area contributed by atoms with Crippen molar-refractivity contribution in [3.8, 4) is 5.75 Å². The molecule has 0 saturated carbocycles. The fraction of sp³-hybridized carbons (Fsp3) is 0.125. The molecule has 2 aromatic carbocycles. The minimum atomic E-state index is -0.268. The zero-order valence-electron chi connectivity index (χ0n) is 16.4. The highest BCUT2D eigenvalue weighted by atomic mass is 16.5. The average Bonchev–Trinajstić information content (AvgIpc) is 3.16. The number of amides is 1. The summed E-state index contributed by atoms with van der Waals surface area (Å²) in [6.45, 7) is 1.46. The van der Waals surface area contributed by atoms with Gasteiger partial charge in [-0.15, -0.1) is 0 Å². The minimum absolute atomic E-state index is 0.268. The molecule has 2 aromatic heterocycles. The third-order valence-corrected chi connectivity index (χ3v) is 4.69. The topological polar surface area (TPSA) is 68.5 Å². The van der Waals surface area contributed by atoms with Crippen molar-refractivity contribution in [2.24, 2.45) is 5.10 Å². The van der Waals surface area contributed by atoms with Gasteiger partial charge in [0.1, 0.15) is 5.75 Å². The third kappa shape index (κ3) is 4.72. The molecule has 6 heteroatoms. The second-order valence-corrected chi connectivity index (χ2v) is 6.75. The second kappa shape index (κ2) is 9.52. The van der Waals surface area contributed by atoms with Crippen molar-refractivity contribution >= 4 is 23.0 Å². The Morgan fingerprint density at radius 1 is 1.03 bits per heavy atom. The van der Waals surface area contributed by atoms with E-state index in [9.17, 15) is 4.79 Å². The van der Waals surface area contributed by atoms with Crippen molar-refractivity contribution in [3.05, 3.63) is 96.4 Å². The van der Waals surface area contributed by atoms with Gasteiger partial charge in [0, 0.05) is 47.2 Å². The quantitative estimate of drug-likeness (QED) is 0.274. The zero-order chi connectivity index (χ0) is 20.6. The Hall–Kier alpha value is -3.93. The van der Waals surface area contributed by atoms with Crippen LogP contribution in [0.15, 0.2) is 90.4 Å². The number of ether oxygens (including phenoxy) is 1. The van der Waals surface area contributed by atoms with Crippen LogP contribution in [0.1, 0.15) is 22.3 Å². The molecule has 4 aromatic rings. The van der Waals surface area contributed by atoms with Crippen molar-refractivity contribution in [1.82, 2.24) is 15.0 Å². The van der Waals surface area contributed by atoms with E-state index < -0.39 is 0 Å². The Morgan fingerprint density at radius 3 is 2.63 bits per heavy atom. The lowest BCUT2D eigenvalue weighted by Crippen LogP contribution is -2.17. The molecule has 1 N–H and O–H groups in total. The maximum absolute atomic E-state index is 12.1. The molecule has 4 rings (SSSR count). The molecule has 1 amide bonds. The van der Waals surface area contributed by atoms with E-state index in [1.807, 2.05) is 42.5 Å². The van der Waals surface area contributed by atoms with E-state index in [-0.39, 0.29) is 5.91 Å². The molecule has 150 valence electrons. The van der Waals surface area contributed by atoms with Crippen LogP contribution in [-0.4, -0.2) is 28.3 Å². The van der Waals surface area contributed by atoms with Crippen molar-refractivity contribution in [1.29, 1.82) is 0 Å². The van der Waals surface area contributed by atoms with Crippen LogP contribution < -0.4 is 10.2 Å². The number of rotatable bonds is 8. The monoisotopic (exact) mass is 398 g/mol. The Labute approximate surface area is 174 Å². The van der Waals surface area contributed by atoms with Crippen molar-refractivity contribution in [2.75, 3.05) is 6.61 Å². The van der Waals surface area contributed by atoms with Crippen LogP contribution in [0.5, 0.6) is 5.75 Å². The van der Waals surface area contributed by atoms with Crippen LogP contribution in [0.3, 0.4) is 0 Å². The summed E-state index contributed by atoms with van der Waals surface area (Å²) >= 11 is 0. The predicted molar refractivity (Wildman–Crippen MR) is 118 cm³/mol. The smallest absolute Gasteiger partial charge is 0.271 e. The number of nitrogens with one attached hydrogen (secondary N) is 1. The number of hydrogen-bond acceptors (Lipinski definition) is 4. The number of pyridine rings is 1. The van der Waals surface area contributed by atoms with Crippen LogP contribution in [-0.2, 0) is 6.54 Å². The van der Waals surface area contributed by atoms with E-state index in [0.717, 1.165) is 35.2 Å². The van der Waals surface area contributed by atoms with Gasteiger partial charge in [-0.3, -0.25) is 9.78 Å². The number of aromatic nitrogens is 2. The number of para-hydroxylation sites is 2. The first kappa shape index (κ1) is 19.4. The highest BCUT2D eigenvalue weighted by Crippen LogP contribution is 2.20. The fourth-order valence-electron chi connectivity index (χ4n) is 3.23. The molecule has 0 saturated heterocycles. The highest BCUT2D eigenvalue weighted by Gasteiger charge is 2.07. The summed E-state index contributed by atoms with van der Waals surface area (Å²) < 4.78 is 7.98. The van der Waals surface area contributed by atoms with Crippen LogP contribution in [0.25, 0.3) is 10.9 Å². The zero-order valence-corrected chi connectivity index (χ0v) is 16.4. The number of aryl methyl sites for hydroxylation is 1. The lowest BCUT2D eigenvalue weighted by molar-refractivity contribution is 0.0955. The standard InChI is InChI=1S/C24H22N4O2/c29-24(19-11-13-25-14-12-19)27-26-17-20-18-28(23-10-5-4-9-22(20)23)15-6-16-30-21-7-2-1-3-8-21/h1-5,7-14,17-18H,6,15-16H2,(H,27,29). The van der Waals surface area contributed by atoms with E-state index in [1.165, 1.54) is 0 Å². The molecule has 0 radical (unpaired) electrons. The Kier molecular flexibility index (Phi) is 6.15. The van der Waals surface area contributed by atoms with E-state index in [2.05, 4.69) is 38.4 Å². The lowest BCUT2D eigenvalue weighted by atomic mass is 10.2. The van der Waals surface area contributed by atoms with Gasteiger partial charge in [-0.2, -0.15) is 5.10 Å². The molecule has 0 aliphatic carbocycles. The number of benzene rings is 2. The Morgan fingerprint density at radius 2 is 1.80 bits per heavy atom. The lowest BCUT2D eigenvalue weighted by Gasteiger charge is -2.07. The molecule has 2 heterocycles. The summed E-state index contributed by atoms with van der Waals surface area (Å²) in [5.74, 6) is 0.614. The number of fused-ring (bicyclic) bond motifs is 1. The van der Waals surface area contributed by atoms with Gasteiger partial charge in [0.25, 0.3) is 5.91 Å². The molecule has 30 heavy (non-hydrogen) atoms. The third-order valence-electron chi connectivity index (χ3n) is 4.69. The number of carbonyl (C=O) groups is 1. The molecule has 0 aliphatic rings. The molecule has 0 bridgehead atoms. The van der Waals surface area contributed by atoms with Gasteiger partial charge in [-0.25, -0.2) is 5.43 Å². The fourth-order valence-corrected chi connectivity index (χ4v) is 3.23. The number of hydrogen-bond donors (Lipinski definition) is 1. The van der Waals surface area contributed by atoms with Gasteiger partial charge in [0.2, 0.25) is 0 Å². The van der Waals surface area contributed by atoms with Gasteiger partial charge in [-0.1, -0.05) is 36.4 Å². The van der Waals surface area contributed by atoms with Gasteiger partial charge in [0.05, 0.1) is 12.8 Å². The number of hydrazone groups is 1. The van der Waals surface area contributed by atoms with E-state index in [4.69, 9.17) is 4.74 Å². The Bertz CT molecular complexity index is 1140. The summed E-state index contributed by atoms with van der Waals surface area (Å²) in [4.78, 5) is 16.0. The first-order chi connectivity index (χ1) is 14.8. The predicted octanol–water partition coefficient (Wildman–Crippen LogP) is 4.27. The molecule has 0 aliphatic heterocycles. The molecule has 0 atom stereocenters. The van der Waals surface area contributed by atoms with Crippen molar-refractivity contribution in [3.63, 3.8) is 0 Å². The molecule has 0 spiro atoms. The van der Waals surface area contributed by atoms with Crippen molar-refractivity contribution in [2.45, 2.75) is 13.0 Å². The number of carbonyl (C=O) groups excluding carboxylic acids is 1. The summed E-state index contributed by atoms with van der Waals surface area (Å²) in [5.41, 5.74) is 5.15. The molecule has 0 fully saturated rings. The normalized spacial score (nSPS) is 11.1. The summed E-state index contributed by atoms with van der Waals surface area (Å²) in [6.07, 6.45) is 7.76. The summed E-state index contributed by atoms with van der Waals surface area (Å²) in [7, 11) is 0. The average molecular weight is 398 g/mol. The van der Waals surface area contributed by atoms with Gasteiger partial charge in [0.15, 0.2) is 0 Å². The minimum Gasteiger partial charge on any atom is -0.494 e. The van der Waals surface area contributed by atoms with Crippen LogP contribution in [0, 0.1) is 0 Å². The second-order valence-electron chi connectivity index (χ2n) is 6.75.